The number of carbonyl (C=O) groups excluding carboxylic acids is 1. The van der Waals surface area contributed by atoms with Gasteiger partial charge < -0.3 is 10.0 Å². The minimum Gasteiger partial charge on any atom is -0.384 e. The highest BCUT2D eigenvalue weighted by atomic mass is 16.3. The van der Waals surface area contributed by atoms with Gasteiger partial charge in [-0.1, -0.05) is 37.3 Å². The molecule has 0 radical (unpaired) electrons. The lowest BCUT2D eigenvalue weighted by atomic mass is 9.78. The van der Waals surface area contributed by atoms with Crippen LogP contribution in [0.1, 0.15) is 32.3 Å². The van der Waals surface area contributed by atoms with E-state index in [9.17, 15) is 9.90 Å². The second kappa shape index (κ2) is 5.11. The summed E-state index contributed by atoms with van der Waals surface area (Å²) in [6.45, 7) is 5.40. The van der Waals surface area contributed by atoms with Crippen LogP contribution in [0.5, 0.6) is 0 Å². The van der Waals surface area contributed by atoms with E-state index in [4.69, 9.17) is 0 Å². The molecule has 1 fully saturated rings. The molecule has 1 aromatic carbocycles. The molecule has 0 spiro atoms. The fourth-order valence-electron chi connectivity index (χ4n) is 2.87. The van der Waals surface area contributed by atoms with E-state index in [0.717, 1.165) is 25.1 Å². The number of aliphatic hydroxyl groups is 1. The highest BCUT2D eigenvalue weighted by molar-refractivity contribution is 5.82. The van der Waals surface area contributed by atoms with E-state index in [0.29, 0.717) is 6.42 Å². The number of nitrogens with zero attached hydrogens (tertiary/aromatic N) is 1. The van der Waals surface area contributed by atoms with Gasteiger partial charge in [-0.05, 0) is 25.3 Å². The lowest BCUT2D eigenvalue weighted by Crippen LogP contribution is -2.40. The summed E-state index contributed by atoms with van der Waals surface area (Å²) >= 11 is 0. The molecule has 0 aromatic heterocycles. The van der Waals surface area contributed by atoms with Crippen molar-refractivity contribution in [2.45, 2.75) is 32.3 Å². The van der Waals surface area contributed by atoms with Crippen LogP contribution in [0.3, 0.4) is 0 Å². The fraction of sp³-hybridized carbons (Fsp3) is 0.533. The molecule has 1 heterocycles. The van der Waals surface area contributed by atoms with Gasteiger partial charge >= 0.3 is 0 Å². The van der Waals surface area contributed by atoms with Gasteiger partial charge in [0.15, 0.2) is 0 Å². The molecule has 1 aromatic rings. The van der Waals surface area contributed by atoms with E-state index in [1.54, 1.807) is 0 Å². The first-order chi connectivity index (χ1) is 8.63. The maximum Gasteiger partial charge on any atom is 0.229 e. The Balaban J connectivity index is 2.32. The van der Waals surface area contributed by atoms with Crippen molar-refractivity contribution in [2.24, 2.45) is 5.92 Å². The van der Waals surface area contributed by atoms with Gasteiger partial charge in [-0.3, -0.25) is 4.79 Å². The van der Waals surface area contributed by atoms with Crippen molar-refractivity contribution in [1.82, 2.24) is 4.90 Å². The quantitative estimate of drug-likeness (QED) is 0.885. The van der Waals surface area contributed by atoms with Crippen molar-refractivity contribution in [2.75, 3.05) is 13.1 Å². The number of benzene rings is 1. The molecule has 18 heavy (non-hydrogen) atoms. The Morgan fingerprint density at radius 1 is 1.33 bits per heavy atom. The summed E-state index contributed by atoms with van der Waals surface area (Å²) in [5, 5.41) is 10.9. The largest absolute Gasteiger partial charge is 0.384 e. The van der Waals surface area contributed by atoms with E-state index in [-0.39, 0.29) is 11.8 Å². The molecule has 2 atom stereocenters. The molecule has 2 rings (SSSR count). The van der Waals surface area contributed by atoms with Crippen LogP contribution in [0.2, 0.25) is 0 Å². The average molecular weight is 247 g/mol. The third-order valence-corrected chi connectivity index (χ3v) is 4.07. The Bertz CT molecular complexity index is 418. The van der Waals surface area contributed by atoms with E-state index in [1.165, 1.54) is 0 Å². The molecule has 0 aliphatic carbocycles. The summed E-state index contributed by atoms with van der Waals surface area (Å²) in [5.41, 5.74) is -0.175. The molecule has 0 unspecified atom stereocenters. The second-order valence-corrected chi connectivity index (χ2v) is 4.90. The van der Waals surface area contributed by atoms with Crippen LogP contribution in [-0.4, -0.2) is 29.0 Å². The zero-order chi connectivity index (χ0) is 13.2. The lowest BCUT2D eigenvalue weighted by Gasteiger charge is -2.32. The van der Waals surface area contributed by atoms with Crippen molar-refractivity contribution in [1.29, 1.82) is 0 Å². The van der Waals surface area contributed by atoms with Crippen molar-refractivity contribution < 1.29 is 9.90 Å². The van der Waals surface area contributed by atoms with Gasteiger partial charge in [0.05, 0.1) is 5.92 Å². The van der Waals surface area contributed by atoms with Gasteiger partial charge in [0.25, 0.3) is 0 Å². The van der Waals surface area contributed by atoms with E-state index < -0.39 is 5.60 Å². The standard InChI is InChI=1S/C15H21NO2/c1-3-15(18,12-8-6-5-7-9-12)13-10-11-16(4-2)14(13)17/h5-9,13,18H,3-4,10-11H2,1-2H3/t13-,15-/m0/s1. The monoisotopic (exact) mass is 247 g/mol. The molecule has 1 amide bonds. The Hall–Kier alpha value is -1.35. The van der Waals surface area contributed by atoms with Crippen molar-refractivity contribution in [3.63, 3.8) is 0 Å². The van der Waals surface area contributed by atoms with Gasteiger partial charge in [0, 0.05) is 13.1 Å². The van der Waals surface area contributed by atoms with Crippen LogP contribution < -0.4 is 0 Å². The molecule has 1 N–H and O–H groups in total. The van der Waals surface area contributed by atoms with E-state index >= 15 is 0 Å². The van der Waals surface area contributed by atoms with Gasteiger partial charge in [0.2, 0.25) is 5.91 Å². The van der Waals surface area contributed by atoms with Gasteiger partial charge in [-0.15, -0.1) is 0 Å². The predicted molar refractivity (Wildman–Crippen MR) is 71.0 cm³/mol. The smallest absolute Gasteiger partial charge is 0.229 e. The Morgan fingerprint density at radius 2 is 2.00 bits per heavy atom. The molecule has 3 heteroatoms. The summed E-state index contributed by atoms with van der Waals surface area (Å²) in [6.07, 6.45) is 1.30. The number of rotatable bonds is 4. The number of carbonyl (C=O) groups is 1. The first kappa shape index (κ1) is 13.1. The minimum absolute atomic E-state index is 0.0886. The Morgan fingerprint density at radius 3 is 2.50 bits per heavy atom. The first-order valence-corrected chi connectivity index (χ1v) is 6.70. The Labute approximate surface area is 108 Å². The number of hydrogen-bond donors (Lipinski definition) is 1. The summed E-state index contributed by atoms with van der Waals surface area (Å²) in [6, 6.07) is 9.56. The van der Waals surface area contributed by atoms with Crippen LogP contribution in [0.15, 0.2) is 30.3 Å². The van der Waals surface area contributed by atoms with E-state index in [1.807, 2.05) is 49.1 Å². The van der Waals surface area contributed by atoms with Crippen LogP contribution in [-0.2, 0) is 10.4 Å². The third-order valence-electron chi connectivity index (χ3n) is 4.07. The summed E-state index contributed by atoms with van der Waals surface area (Å²) in [7, 11) is 0. The zero-order valence-corrected chi connectivity index (χ0v) is 11.1. The summed E-state index contributed by atoms with van der Waals surface area (Å²) in [4.78, 5) is 14.1. The summed E-state index contributed by atoms with van der Waals surface area (Å²) in [5.74, 6) is -0.212. The first-order valence-electron chi connectivity index (χ1n) is 6.70. The molecule has 0 saturated carbocycles. The molecule has 1 aliphatic rings. The van der Waals surface area contributed by atoms with Gasteiger partial charge in [-0.2, -0.15) is 0 Å². The lowest BCUT2D eigenvalue weighted by molar-refractivity contribution is -0.139. The molecule has 3 nitrogen and oxygen atoms in total. The fourth-order valence-corrected chi connectivity index (χ4v) is 2.87. The molecule has 1 aliphatic heterocycles. The number of amides is 1. The minimum atomic E-state index is -1.03. The molecular weight excluding hydrogens is 226 g/mol. The maximum absolute atomic E-state index is 12.3. The van der Waals surface area contributed by atoms with Crippen molar-refractivity contribution in [3.05, 3.63) is 35.9 Å². The number of hydrogen-bond acceptors (Lipinski definition) is 2. The van der Waals surface area contributed by atoms with Crippen molar-refractivity contribution in [3.8, 4) is 0 Å². The second-order valence-electron chi connectivity index (χ2n) is 4.90. The highest BCUT2D eigenvalue weighted by Gasteiger charge is 2.46. The van der Waals surface area contributed by atoms with Crippen LogP contribution in [0, 0.1) is 5.92 Å². The zero-order valence-electron chi connectivity index (χ0n) is 11.1. The predicted octanol–water partition coefficient (Wildman–Crippen LogP) is 2.15. The normalized spacial score (nSPS) is 23.2. The molecular formula is C15H21NO2. The molecule has 1 saturated heterocycles. The van der Waals surface area contributed by atoms with Crippen LogP contribution >= 0.6 is 0 Å². The van der Waals surface area contributed by atoms with Gasteiger partial charge in [-0.25, -0.2) is 0 Å². The number of likely N-dealkylation sites (tertiary alicyclic amines) is 1. The van der Waals surface area contributed by atoms with Crippen molar-refractivity contribution >= 4 is 5.91 Å². The SMILES string of the molecule is CCN1CC[C@H]([C@](O)(CC)c2ccccc2)C1=O. The van der Waals surface area contributed by atoms with Crippen LogP contribution in [0.4, 0.5) is 0 Å². The molecule has 98 valence electrons. The topological polar surface area (TPSA) is 40.5 Å². The Kier molecular flexibility index (Phi) is 3.71. The maximum atomic E-state index is 12.3. The highest BCUT2D eigenvalue weighted by Crippen LogP contribution is 2.39. The third kappa shape index (κ3) is 2.03. The van der Waals surface area contributed by atoms with Crippen LogP contribution in [0.25, 0.3) is 0 Å². The van der Waals surface area contributed by atoms with E-state index in [2.05, 4.69) is 0 Å². The molecule has 0 bridgehead atoms. The summed E-state index contributed by atoms with van der Waals surface area (Å²) < 4.78 is 0. The van der Waals surface area contributed by atoms with Gasteiger partial charge in [0.1, 0.15) is 5.60 Å². The average Bonchev–Trinajstić information content (AvgIpc) is 2.80.